The Balaban J connectivity index is 1.91. The van der Waals surface area contributed by atoms with Crippen LogP contribution in [-0.2, 0) is 0 Å². The Morgan fingerprint density at radius 3 is 2.50 bits per heavy atom. The molecule has 5 nitrogen and oxygen atoms in total. The Morgan fingerprint density at radius 2 is 2.00 bits per heavy atom. The summed E-state index contributed by atoms with van der Waals surface area (Å²) in [6, 6.07) is 10.0. The van der Waals surface area contributed by atoms with E-state index in [-0.39, 0.29) is 18.7 Å². The highest BCUT2D eigenvalue weighted by Crippen LogP contribution is 2.39. The van der Waals surface area contributed by atoms with E-state index < -0.39 is 5.54 Å². The molecule has 5 heteroatoms. The number of aliphatic hydroxyl groups excluding tert-OH is 1. The highest BCUT2D eigenvalue weighted by molar-refractivity contribution is 5.75. The minimum Gasteiger partial charge on any atom is -0.394 e. The number of nitrogens with one attached hydrogen (secondary N) is 2. The van der Waals surface area contributed by atoms with Gasteiger partial charge in [-0.15, -0.1) is 0 Å². The van der Waals surface area contributed by atoms with Gasteiger partial charge in [0, 0.05) is 6.54 Å². The van der Waals surface area contributed by atoms with Crippen LogP contribution in [0.15, 0.2) is 30.3 Å². The van der Waals surface area contributed by atoms with Gasteiger partial charge in [0.25, 0.3) is 0 Å². The number of amides is 2. The van der Waals surface area contributed by atoms with Crippen molar-refractivity contribution in [2.75, 3.05) is 27.2 Å². The maximum absolute atomic E-state index is 12.2. The molecule has 0 radical (unpaired) electrons. The van der Waals surface area contributed by atoms with Gasteiger partial charge in [-0.05, 0) is 45.3 Å². The molecule has 0 spiro atoms. The summed E-state index contributed by atoms with van der Waals surface area (Å²) >= 11 is 0. The Morgan fingerprint density at radius 1 is 1.36 bits per heavy atom. The molecule has 3 N–H and O–H groups in total. The van der Waals surface area contributed by atoms with Crippen molar-refractivity contribution in [3.05, 3.63) is 35.9 Å². The van der Waals surface area contributed by atoms with E-state index in [0.717, 1.165) is 12.8 Å². The number of likely N-dealkylation sites (N-methyl/N-ethyl adjacent to an activating group) is 1. The Bertz CT molecular complexity index is 488. The lowest BCUT2D eigenvalue weighted by Crippen LogP contribution is -2.54. The molecule has 2 unspecified atom stereocenters. The van der Waals surface area contributed by atoms with Crippen LogP contribution in [0.25, 0.3) is 0 Å². The Kier molecular flexibility index (Phi) is 5.42. The van der Waals surface area contributed by atoms with Gasteiger partial charge in [0.1, 0.15) is 0 Å². The van der Waals surface area contributed by atoms with Crippen molar-refractivity contribution in [2.24, 2.45) is 5.92 Å². The lowest BCUT2D eigenvalue weighted by atomic mass is 9.97. The van der Waals surface area contributed by atoms with Crippen LogP contribution in [0.3, 0.4) is 0 Å². The molecule has 122 valence electrons. The van der Waals surface area contributed by atoms with Gasteiger partial charge < -0.3 is 20.6 Å². The van der Waals surface area contributed by atoms with Crippen LogP contribution in [0.4, 0.5) is 4.79 Å². The number of hydrogen-bond donors (Lipinski definition) is 3. The molecule has 0 bridgehead atoms. The standard InChI is InChI=1S/C17H27N3O2/c1-17(12-21,14-9-10-14)19-16(22)18-11-15(20(2)3)13-7-5-4-6-8-13/h4-8,14-15,21H,9-12H2,1-3H3,(H2,18,19,22). The topological polar surface area (TPSA) is 64.6 Å². The third-order valence-electron chi connectivity index (χ3n) is 4.47. The van der Waals surface area contributed by atoms with Crippen molar-refractivity contribution in [3.8, 4) is 0 Å². The zero-order valence-electron chi connectivity index (χ0n) is 13.7. The minimum absolute atomic E-state index is 0.0269. The predicted octanol–water partition coefficient (Wildman–Crippen LogP) is 1.75. The van der Waals surface area contributed by atoms with Crippen molar-refractivity contribution in [1.29, 1.82) is 0 Å². The predicted molar refractivity (Wildman–Crippen MR) is 87.6 cm³/mol. The number of carbonyl (C=O) groups excluding carboxylic acids is 1. The number of rotatable bonds is 7. The molecule has 1 aliphatic carbocycles. The maximum Gasteiger partial charge on any atom is 0.315 e. The molecule has 1 aromatic rings. The van der Waals surface area contributed by atoms with Gasteiger partial charge in [-0.1, -0.05) is 30.3 Å². The summed E-state index contributed by atoms with van der Waals surface area (Å²) in [5, 5.41) is 15.4. The normalized spacial score (nSPS) is 18.6. The van der Waals surface area contributed by atoms with Crippen LogP contribution in [0, 0.1) is 5.92 Å². The van der Waals surface area contributed by atoms with E-state index in [1.54, 1.807) is 0 Å². The second kappa shape index (κ2) is 7.11. The highest BCUT2D eigenvalue weighted by atomic mass is 16.3. The molecule has 0 aliphatic heterocycles. The largest absolute Gasteiger partial charge is 0.394 e. The van der Waals surface area contributed by atoms with Crippen LogP contribution in [0.1, 0.15) is 31.4 Å². The molecule has 0 saturated heterocycles. The zero-order valence-corrected chi connectivity index (χ0v) is 13.7. The van der Waals surface area contributed by atoms with Crippen LogP contribution in [0.5, 0.6) is 0 Å². The van der Waals surface area contributed by atoms with E-state index in [1.807, 2.05) is 39.2 Å². The lowest BCUT2D eigenvalue weighted by Gasteiger charge is -2.30. The van der Waals surface area contributed by atoms with Crippen molar-refractivity contribution in [3.63, 3.8) is 0 Å². The van der Waals surface area contributed by atoms with Crippen molar-refractivity contribution < 1.29 is 9.90 Å². The SMILES string of the molecule is CN(C)C(CNC(=O)NC(C)(CO)C1CC1)c1ccccc1. The number of nitrogens with zero attached hydrogens (tertiary/aromatic N) is 1. The van der Waals surface area contributed by atoms with E-state index in [1.165, 1.54) is 5.56 Å². The molecule has 1 saturated carbocycles. The summed E-state index contributed by atoms with van der Waals surface area (Å²) in [6.07, 6.45) is 2.14. The first kappa shape index (κ1) is 16.8. The maximum atomic E-state index is 12.2. The zero-order chi connectivity index (χ0) is 16.2. The summed E-state index contributed by atoms with van der Waals surface area (Å²) in [4.78, 5) is 14.2. The van der Waals surface area contributed by atoms with E-state index in [4.69, 9.17) is 0 Å². The fraction of sp³-hybridized carbons (Fsp3) is 0.588. The van der Waals surface area contributed by atoms with Crippen molar-refractivity contribution >= 4 is 6.03 Å². The summed E-state index contributed by atoms with van der Waals surface area (Å²) < 4.78 is 0. The first-order valence-electron chi connectivity index (χ1n) is 7.84. The average Bonchev–Trinajstić information content (AvgIpc) is 3.33. The molecule has 22 heavy (non-hydrogen) atoms. The van der Waals surface area contributed by atoms with Crippen LogP contribution in [-0.4, -0.2) is 48.8 Å². The second-order valence-electron chi connectivity index (χ2n) is 6.57. The first-order valence-corrected chi connectivity index (χ1v) is 7.84. The van der Waals surface area contributed by atoms with Gasteiger partial charge in [-0.2, -0.15) is 0 Å². The number of aliphatic hydroxyl groups is 1. The summed E-state index contributed by atoms with van der Waals surface area (Å²) in [5.41, 5.74) is 0.657. The number of hydrogen-bond acceptors (Lipinski definition) is 3. The quantitative estimate of drug-likeness (QED) is 0.719. The molecule has 0 aromatic heterocycles. The average molecular weight is 305 g/mol. The van der Waals surface area contributed by atoms with Crippen LogP contribution >= 0.6 is 0 Å². The van der Waals surface area contributed by atoms with E-state index in [0.29, 0.717) is 12.5 Å². The van der Waals surface area contributed by atoms with E-state index in [2.05, 4.69) is 27.7 Å². The molecule has 0 heterocycles. The van der Waals surface area contributed by atoms with Crippen LogP contribution < -0.4 is 10.6 Å². The van der Waals surface area contributed by atoms with Gasteiger partial charge >= 0.3 is 6.03 Å². The fourth-order valence-electron chi connectivity index (χ4n) is 2.76. The monoisotopic (exact) mass is 305 g/mol. The van der Waals surface area contributed by atoms with Gasteiger partial charge in [0.15, 0.2) is 0 Å². The Hall–Kier alpha value is -1.59. The highest BCUT2D eigenvalue weighted by Gasteiger charge is 2.42. The number of urea groups is 1. The lowest BCUT2D eigenvalue weighted by molar-refractivity contribution is 0.154. The first-order chi connectivity index (χ1) is 10.5. The molecule has 1 aromatic carbocycles. The fourth-order valence-corrected chi connectivity index (χ4v) is 2.76. The number of carbonyl (C=O) groups is 1. The van der Waals surface area contributed by atoms with Gasteiger partial charge in [-0.3, -0.25) is 0 Å². The number of benzene rings is 1. The molecule has 1 aliphatic rings. The second-order valence-corrected chi connectivity index (χ2v) is 6.57. The van der Waals surface area contributed by atoms with Crippen molar-refractivity contribution in [1.82, 2.24) is 15.5 Å². The van der Waals surface area contributed by atoms with E-state index in [9.17, 15) is 9.90 Å². The van der Waals surface area contributed by atoms with Gasteiger partial charge in [0.2, 0.25) is 0 Å². The smallest absolute Gasteiger partial charge is 0.315 e. The molecule has 2 rings (SSSR count). The van der Waals surface area contributed by atoms with Gasteiger partial charge in [-0.25, -0.2) is 4.79 Å². The summed E-state index contributed by atoms with van der Waals surface area (Å²) in [6.45, 7) is 2.40. The van der Waals surface area contributed by atoms with Gasteiger partial charge in [0.05, 0.1) is 18.2 Å². The molecule has 1 fully saturated rings. The summed E-state index contributed by atoms with van der Waals surface area (Å²) in [7, 11) is 4.00. The molecule has 2 amide bonds. The Labute approximate surface area is 132 Å². The third kappa shape index (κ3) is 4.21. The van der Waals surface area contributed by atoms with E-state index >= 15 is 0 Å². The van der Waals surface area contributed by atoms with Crippen molar-refractivity contribution in [2.45, 2.75) is 31.3 Å². The molecular formula is C17H27N3O2. The van der Waals surface area contributed by atoms with Crippen LogP contribution in [0.2, 0.25) is 0 Å². The minimum atomic E-state index is -0.509. The molecule has 2 atom stereocenters. The summed E-state index contributed by atoms with van der Waals surface area (Å²) in [5.74, 6) is 0.391. The molecular weight excluding hydrogens is 278 g/mol. The third-order valence-corrected chi connectivity index (χ3v) is 4.47.